The summed E-state index contributed by atoms with van der Waals surface area (Å²) >= 11 is 1.56. The first kappa shape index (κ1) is 16.2. The molecule has 1 fully saturated rings. The Balaban J connectivity index is 1.34. The van der Waals surface area contributed by atoms with Crippen molar-refractivity contribution in [2.75, 3.05) is 31.1 Å². The number of thiophene rings is 1. The van der Waals surface area contributed by atoms with Crippen molar-refractivity contribution in [3.05, 3.63) is 47.7 Å². The molecule has 0 N–H and O–H groups in total. The summed E-state index contributed by atoms with van der Waals surface area (Å²) in [6.45, 7) is 2.85. The maximum absolute atomic E-state index is 12.9. The van der Waals surface area contributed by atoms with Gasteiger partial charge in [0.2, 0.25) is 0 Å². The molecule has 5 rings (SSSR count). The average molecular weight is 378 g/mol. The second kappa shape index (κ2) is 6.31. The minimum Gasteiger partial charge on any atom is -0.352 e. The van der Waals surface area contributed by atoms with Crippen LogP contribution in [0.5, 0.6) is 0 Å². The predicted molar refractivity (Wildman–Crippen MR) is 106 cm³/mol. The fourth-order valence-electron chi connectivity index (χ4n) is 3.57. The summed E-state index contributed by atoms with van der Waals surface area (Å²) in [5, 5.41) is 6.36. The second-order valence-corrected chi connectivity index (χ2v) is 7.71. The summed E-state index contributed by atoms with van der Waals surface area (Å²) in [7, 11) is 1.88. The first-order valence-corrected chi connectivity index (χ1v) is 9.68. The monoisotopic (exact) mass is 378 g/mol. The standard InChI is InChI=1S/C19H18N6OS/c1-23-17-14(11-22-23)18(21-12-20-17)24-6-8-25(9-7-24)19(26)16-10-13-4-2-3-5-15(13)27-16/h2-5,10-12H,6-9H2,1H3. The highest BCUT2D eigenvalue weighted by Crippen LogP contribution is 2.27. The van der Waals surface area contributed by atoms with E-state index in [1.807, 2.05) is 30.1 Å². The lowest BCUT2D eigenvalue weighted by Crippen LogP contribution is -2.49. The molecule has 0 atom stereocenters. The van der Waals surface area contributed by atoms with Crippen molar-refractivity contribution in [1.29, 1.82) is 0 Å². The molecule has 0 aliphatic carbocycles. The molecule has 0 saturated carbocycles. The van der Waals surface area contributed by atoms with Gasteiger partial charge in [0.25, 0.3) is 5.91 Å². The molecule has 1 aliphatic rings. The first-order chi connectivity index (χ1) is 13.2. The summed E-state index contributed by atoms with van der Waals surface area (Å²) in [6.07, 6.45) is 3.38. The maximum Gasteiger partial charge on any atom is 0.264 e. The number of rotatable bonds is 2. The second-order valence-electron chi connectivity index (χ2n) is 6.63. The zero-order valence-electron chi connectivity index (χ0n) is 14.9. The Hall–Kier alpha value is -3.00. The Morgan fingerprint density at radius 3 is 2.74 bits per heavy atom. The number of carbonyl (C=O) groups is 1. The molecule has 0 spiro atoms. The van der Waals surface area contributed by atoms with E-state index in [-0.39, 0.29) is 5.91 Å². The third kappa shape index (κ3) is 2.73. The van der Waals surface area contributed by atoms with Gasteiger partial charge >= 0.3 is 0 Å². The van der Waals surface area contributed by atoms with Crippen LogP contribution in [0.15, 0.2) is 42.9 Å². The fourth-order valence-corrected chi connectivity index (χ4v) is 4.60. The van der Waals surface area contributed by atoms with Crippen molar-refractivity contribution in [2.45, 2.75) is 0 Å². The minimum atomic E-state index is 0.116. The third-order valence-corrected chi connectivity index (χ3v) is 6.12. The molecule has 7 nitrogen and oxygen atoms in total. The van der Waals surface area contributed by atoms with Crippen LogP contribution >= 0.6 is 11.3 Å². The molecule has 27 heavy (non-hydrogen) atoms. The van der Waals surface area contributed by atoms with Gasteiger partial charge in [-0.25, -0.2) is 9.97 Å². The lowest BCUT2D eigenvalue weighted by atomic mass is 10.2. The van der Waals surface area contributed by atoms with E-state index < -0.39 is 0 Å². The van der Waals surface area contributed by atoms with Gasteiger partial charge < -0.3 is 9.80 Å². The van der Waals surface area contributed by atoms with Crippen molar-refractivity contribution in [3.63, 3.8) is 0 Å². The van der Waals surface area contributed by atoms with Crippen LogP contribution in [0, 0.1) is 0 Å². The fraction of sp³-hybridized carbons (Fsp3) is 0.263. The molecular weight excluding hydrogens is 360 g/mol. The van der Waals surface area contributed by atoms with Gasteiger partial charge in [0.1, 0.15) is 12.1 Å². The van der Waals surface area contributed by atoms with Crippen molar-refractivity contribution >= 4 is 44.2 Å². The van der Waals surface area contributed by atoms with E-state index in [0.29, 0.717) is 13.1 Å². The molecule has 1 aromatic carbocycles. The number of carbonyl (C=O) groups excluding carboxylic acids is 1. The Bertz CT molecular complexity index is 1110. The summed E-state index contributed by atoms with van der Waals surface area (Å²) in [6, 6.07) is 10.1. The number of aryl methyl sites for hydroxylation is 1. The van der Waals surface area contributed by atoms with Gasteiger partial charge in [0.05, 0.1) is 16.5 Å². The molecule has 1 amide bonds. The number of nitrogens with zero attached hydrogens (tertiary/aromatic N) is 6. The Morgan fingerprint density at radius 1 is 1.11 bits per heavy atom. The highest BCUT2D eigenvalue weighted by atomic mass is 32.1. The van der Waals surface area contributed by atoms with Crippen molar-refractivity contribution in [1.82, 2.24) is 24.6 Å². The van der Waals surface area contributed by atoms with Crippen LogP contribution in [0.4, 0.5) is 5.82 Å². The quantitative estimate of drug-likeness (QED) is 0.536. The predicted octanol–water partition coefficient (Wildman–Crippen LogP) is 2.54. The summed E-state index contributed by atoms with van der Waals surface area (Å²) in [4.78, 5) is 26.6. The van der Waals surface area contributed by atoms with E-state index in [2.05, 4.69) is 32.1 Å². The number of aromatic nitrogens is 4. The molecule has 136 valence electrons. The van der Waals surface area contributed by atoms with Crippen molar-refractivity contribution in [2.24, 2.45) is 7.05 Å². The zero-order valence-corrected chi connectivity index (χ0v) is 15.7. The van der Waals surface area contributed by atoms with E-state index >= 15 is 0 Å². The average Bonchev–Trinajstić information content (AvgIpc) is 3.31. The SMILES string of the molecule is Cn1ncc2c(N3CCN(C(=O)c4cc5ccccc5s4)CC3)ncnc21. The van der Waals surface area contributed by atoms with Gasteiger partial charge in [-0.3, -0.25) is 9.48 Å². The maximum atomic E-state index is 12.9. The van der Waals surface area contributed by atoms with E-state index in [4.69, 9.17) is 0 Å². The molecule has 3 aromatic heterocycles. The van der Waals surface area contributed by atoms with Gasteiger partial charge in [-0.05, 0) is 17.5 Å². The van der Waals surface area contributed by atoms with Crippen LogP contribution in [0.2, 0.25) is 0 Å². The molecule has 8 heteroatoms. The molecule has 0 radical (unpaired) electrons. The highest BCUT2D eigenvalue weighted by Gasteiger charge is 2.25. The van der Waals surface area contributed by atoms with Crippen LogP contribution in [0.25, 0.3) is 21.1 Å². The van der Waals surface area contributed by atoms with Gasteiger partial charge in [0.15, 0.2) is 5.65 Å². The number of benzene rings is 1. The van der Waals surface area contributed by atoms with Gasteiger partial charge in [-0.2, -0.15) is 5.10 Å². The van der Waals surface area contributed by atoms with E-state index in [1.165, 1.54) is 0 Å². The lowest BCUT2D eigenvalue weighted by molar-refractivity contribution is 0.0751. The number of piperazine rings is 1. The largest absolute Gasteiger partial charge is 0.352 e. The number of hydrogen-bond donors (Lipinski definition) is 0. The van der Waals surface area contributed by atoms with E-state index in [9.17, 15) is 4.79 Å². The van der Waals surface area contributed by atoms with Gasteiger partial charge in [-0.1, -0.05) is 18.2 Å². The molecule has 0 unspecified atom stereocenters. The summed E-state index contributed by atoms with van der Waals surface area (Å²) in [5.41, 5.74) is 0.823. The lowest BCUT2D eigenvalue weighted by Gasteiger charge is -2.35. The highest BCUT2D eigenvalue weighted by molar-refractivity contribution is 7.20. The van der Waals surface area contributed by atoms with Gasteiger partial charge in [0, 0.05) is 37.9 Å². The van der Waals surface area contributed by atoms with Crippen LogP contribution in [-0.2, 0) is 7.05 Å². The minimum absolute atomic E-state index is 0.116. The number of hydrogen-bond acceptors (Lipinski definition) is 6. The topological polar surface area (TPSA) is 67.2 Å². The normalized spacial score (nSPS) is 15.0. The Morgan fingerprint density at radius 2 is 1.93 bits per heavy atom. The number of fused-ring (bicyclic) bond motifs is 2. The van der Waals surface area contributed by atoms with Crippen LogP contribution in [0.1, 0.15) is 9.67 Å². The molecular formula is C19H18N6OS. The molecule has 4 heterocycles. The van der Waals surface area contributed by atoms with E-state index in [0.717, 1.165) is 44.9 Å². The molecule has 1 saturated heterocycles. The first-order valence-electron chi connectivity index (χ1n) is 8.86. The summed E-state index contributed by atoms with van der Waals surface area (Å²) in [5.74, 6) is 1.01. The summed E-state index contributed by atoms with van der Waals surface area (Å²) < 4.78 is 2.90. The smallest absolute Gasteiger partial charge is 0.264 e. The van der Waals surface area contributed by atoms with Gasteiger partial charge in [-0.15, -0.1) is 11.3 Å². The molecule has 4 aromatic rings. The number of anilines is 1. The van der Waals surface area contributed by atoms with Crippen LogP contribution < -0.4 is 4.90 Å². The Kier molecular flexibility index (Phi) is 3.78. The van der Waals surface area contributed by atoms with Crippen LogP contribution in [-0.4, -0.2) is 56.7 Å². The Labute approximate surface area is 159 Å². The third-order valence-electron chi connectivity index (χ3n) is 5.01. The van der Waals surface area contributed by atoms with Crippen LogP contribution in [0.3, 0.4) is 0 Å². The molecule has 1 aliphatic heterocycles. The van der Waals surface area contributed by atoms with Crippen molar-refractivity contribution < 1.29 is 4.79 Å². The molecule has 0 bridgehead atoms. The number of amides is 1. The zero-order chi connectivity index (χ0) is 18.4. The van der Waals surface area contributed by atoms with E-state index in [1.54, 1.807) is 28.5 Å². The van der Waals surface area contributed by atoms with Crippen molar-refractivity contribution in [3.8, 4) is 0 Å².